The van der Waals surface area contributed by atoms with Gasteiger partial charge in [0.2, 0.25) is 10.0 Å². The van der Waals surface area contributed by atoms with Gasteiger partial charge in [0.15, 0.2) is 0 Å². The normalized spacial score (nSPS) is 12.1. The van der Waals surface area contributed by atoms with Crippen LogP contribution in [0.4, 0.5) is 0 Å². The average Bonchev–Trinajstić information content (AvgIpc) is 2.46. The number of sulfonamides is 1. The molecule has 0 radical (unpaired) electrons. The van der Waals surface area contributed by atoms with Crippen LogP contribution in [0.15, 0.2) is 23.1 Å². The van der Waals surface area contributed by atoms with Gasteiger partial charge in [0.05, 0.1) is 11.5 Å². The number of aliphatic hydroxyl groups excluding tert-OH is 1. The number of nitrogens with zero attached hydrogens (tertiary/aromatic N) is 1. The Hall–Kier alpha value is -0.910. The molecule has 20 heavy (non-hydrogen) atoms. The molecule has 0 saturated carbocycles. The van der Waals surface area contributed by atoms with Gasteiger partial charge in [0, 0.05) is 13.1 Å². The zero-order chi connectivity index (χ0) is 15.2. The molecule has 1 rings (SSSR count). The number of hydrogen-bond acceptors (Lipinski definition) is 3. The maximum Gasteiger partial charge on any atom is 0.243 e. The minimum Gasteiger partial charge on any atom is -0.392 e. The fourth-order valence-electron chi connectivity index (χ4n) is 2.19. The Balaban J connectivity index is 3.13. The Morgan fingerprint density at radius 2 is 1.85 bits per heavy atom. The summed E-state index contributed by atoms with van der Waals surface area (Å²) in [6.07, 6.45) is 2.60. The van der Waals surface area contributed by atoms with Crippen molar-refractivity contribution in [2.75, 3.05) is 13.1 Å². The summed E-state index contributed by atoms with van der Waals surface area (Å²) in [5.74, 6) is 0. The molecule has 4 nitrogen and oxygen atoms in total. The molecule has 1 aromatic rings. The molecule has 0 unspecified atom stereocenters. The fraction of sp³-hybridized carbons (Fsp3) is 0.600. The van der Waals surface area contributed by atoms with E-state index in [1.54, 1.807) is 18.2 Å². The first-order valence-corrected chi connectivity index (χ1v) is 8.68. The average molecular weight is 299 g/mol. The van der Waals surface area contributed by atoms with Crippen LogP contribution in [0.1, 0.15) is 44.7 Å². The van der Waals surface area contributed by atoms with Gasteiger partial charge in [-0.15, -0.1) is 0 Å². The van der Waals surface area contributed by atoms with Gasteiger partial charge >= 0.3 is 0 Å². The number of benzene rings is 1. The molecule has 0 amide bonds. The van der Waals surface area contributed by atoms with Gasteiger partial charge in [-0.05, 0) is 36.1 Å². The van der Waals surface area contributed by atoms with Crippen molar-refractivity contribution in [1.29, 1.82) is 0 Å². The maximum absolute atomic E-state index is 12.6. The highest BCUT2D eigenvalue weighted by molar-refractivity contribution is 7.89. The molecule has 0 aromatic heterocycles. The fourth-order valence-corrected chi connectivity index (χ4v) is 3.73. The van der Waals surface area contributed by atoms with E-state index < -0.39 is 10.0 Å². The summed E-state index contributed by atoms with van der Waals surface area (Å²) in [5, 5.41) is 9.37. The first-order valence-electron chi connectivity index (χ1n) is 7.24. The van der Waals surface area contributed by atoms with Crippen molar-refractivity contribution in [3.63, 3.8) is 0 Å². The van der Waals surface area contributed by atoms with Crippen LogP contribution in [0.3, 0.4) is 0 Å². The molecule has 0 fully saturated rings. The molecule has 0 atom stereocenters. The lowest BCUT2D eigenvalue weighted by atomic mass is 10.1. The van der Waals surface area contributed by atoms with E-state index in [9.17, 15) is 13.5 Å². The highest BCUT2D eigenvalue weighted by Gasteiger charge is 2.23. The molecule has 0 aliphatic rings. The van der Waals surface area contributed by atoms with Crippen molar-refractivity contribution in [1.82, 2.24) is 4.31 Å². The second-order valence-electron chi connectivity index (χ2n) is 4.79. The van der Waals surface area contributed by atoms with E-state index in [-0.39, 0.29) is 11.5 Å². The third-order valence-corrected chi connectivity index (χ3v) is 5.45. The number of aryl methyl sites for hydroxylation is 1. The second kappa shape index (κ2) is 7.76. The summed E-state index contributed by atoms with van der Waals surface area (Å²) >= 11 is 0. The minimum absolute atomic E-state index is 0.131. The minimum atomic E-state index is -3.46. The summed E-state index contributed by atoms with van der Waals surface area (Å²) < 4.78 is 26.7. The third-order valence-electron chi connectivity index (χ3n) is 3.48. The van der Waals surface area contributed by atoms with Crippen LogP contribution in [0.25, 0.3) is 0 Å². The van der Waals surface area contributed by atoms with E-state index >= 15 is 0 Å². The molecule has 5 heteroatoms. The molecule has 0 heterocycles. The SMILES string of the molecule is CCCCN(CC)S(=O)(=O)c1ccc(CC)c(CO)c1. The van der Waals surface area contributed by atoms with Gasteiger partial charge in [-0.1, -0.05) is 33.3 Å². The number of aliphatic hydroxyl groups is 1. The van der Waals surface area contributed by atoms with Crippen molar-refractivity contribution in [3.05, 3.63) is 29.3 Å². The van der Waals surface area contributed by atoms with Crippen LogP contribution in [0.5, 0.6) is 0 Å². The molecular weight excluding hydrogens is 274 g/mol. The molecule has 1 aromatic carbocycles. The predicted molar refractivity (Wildman–Crippen MR) is 81.1 cm³/mol. The second-order valence-corrected chi connectivity index (χ2v) is 6.73. The molecule has 0 bridgehead atoms. The van der Waals surface area contributed by atoms with Crippen molar-refractivity contribution < 1.29 is 13.5 Å². The first kappa shape index (κ1) is 17.1. The zero-order valence-electron chi connectivity index (χ0n) is 12.6. The molecule has 0 aliphatic carbocycles. The Morgan fingerprint density at radius 1 is 1.15 bits per heavy atom. The van der Waals surface area contributed by atoms with Gasteiger partial charge in [-0.2, -0.15) is 4.31 Å². The largest absolute Gasteiger partial charge is 0.392 e. The standard InChI is InChI=1S/C15H25NO3S/c1-4-7-10-16(6-3)20(18,19)15-9-8-13(5-2)14(11-15)12-17/h8-9,11,17H,4-7,10,12H2,1-3H3. The molecule has 0 spiro atoms. The summed E-state index contributed by atoms with van der Waals surface area (Å²) in [6.45, 7) is 6.75. The smallest absolute Gasteiger partial charge is 0.243 e. The maximum atomic E-state index is 12.6. The van der Waals surface area contributed by atoms with Crippen LogP contribution in [-0.4, -0.2) is 30.9 Å². The Bertz CT molecular complexity index is 526. The number of hydrogen-bond donors (Lipinski definition) is 1. The van der Waals surface area contributed by atoms with E-state index in [1.807, 2.05) is 20.8 Å². The monoisotopic (exact) mass is 299 g/mol. The Labute approximate surface area is 122 Å². The third kappa shape index (κ3) is 3.81. The highest BCUT2D eigenvalue weighted by Crippen LogP contribution is 2.20. The van der Waals surface area contributed by atoms with E-state index in [0.717, 1.165) is 24.8 Å². The lowest BCUT2D eigenvalue weighted by molar-refractivity contribution is 0.280. The van der Waals surface area contributed by atoms with Crippen molar-refractivity contribution in [2.24, 2.45) is 0 Å². The summed E-state index contributed by atoms with van der Waals surface area (Å²) in [5.41, 5.74) is 1.68. The Kier molecular flexibility index (Phi) is 6.65. The van der Waals surface area contributed by atoms with Crippen LogP contribution in [-0.2, 0) is 23.1 Å². The topological polar surface area (TPSA) is 57.6 Å². The molecule has 0 aliphatic heterocycles. The molecule has 0 saturated heterocycles. The van der Waals surface area contributed by atoms with E-state index in [0.29, 0.717) is 18.7 Å². The molecule has 114 valence electrons. The molecule has 1 N–H and O–H groups in total. The van der Waals surface area contributed by atoms with Crippen molar-refractivity contribution in [2.45, 2.75) is 51.5 Å². The van der Waals surface area contributed by atoms with Crippen LogP contribution >= 0.6 is 0 Å². The first-order chi connectivity index (χ1) is 9.51. The predicted octanol–water partition coefficient (Wildman–Crippen LogP) is 2.55. The summed E-state index contributed by atoms with van der Waals surface area (Å²) in [7, 11) is -3.46. The van der Waals surface area contributed by atoms with Gasteiger partial charge in [0.25, 0.3) is 0 Å². The Morgan fingerprint density at radius 3 is 2.35 bits per heavy atom. The highest BCUT2D eigenvalue weighted by atomic mass is 32.2. The van der Waals surface area contributed by atoms with E-state index in [1.165, 1.54) is 4.31 Å². The zero-order valence-corrected chi connectivity index (χ0v) is 13.4. The van der Waals surface area contributed by atoms with E-state index in [2.05, 4.69) is 0 Å². The summed E-state index contributed by atoms with van der Waals surface area (Å²) in [6, 6.07) is 5.04. The van der Waals surface area contributed by atoms with Gasteiger partial charge in [-0.3, -0.25) is 0 Å². The molecular formula is C15H25NO3S. The lowest BCUT2D eigenvalue weighted by Gasteiger charge is -2.21. The van der Waals surface area contributed by atoms with Crippen LogP contribution in [0.2, 0.25) is 0 Å². The van der Waals surface area contributed by atoms with Crippen molar-refractivity contribution in [3.8, 4) is 0 Å². The van der Waals surface area contributed by atoms with Crippen LogP contribution < -0.4 is 0 Å². The van der Waals surface area contributed by atoms with Gasteiger partial charge in [0.1, 0.15) is 0 Å². The van der Waals surface area contributed by atoms with Crippen molar-refractivity contribution >= 4 is 10.0 Å². The van der Waals surface area contributed by atoms with E-state index in [4.69, 9.17) is 0 Å². The van der Waals surface area contributed by atoms with Crippen LogP contribution in [0, 0.1) is 0 Å². The van der Waals surface area contributed by atoms with Gasteiger partial charge in [-0.25, -0.2) is 8.42 Å². The van der Waals surface area contributed by atoms with Gasteiger partial charge < -0.3 is 5.11 Å². The number of rotatable bonds is 8. The quantitative estimate of drug-likeness (QED) is 0.802. The number of unbranched alkanes of at least 4 members (excludes halogenated alkanes) is 1. The summed E-state index contributed by atoms with van der Waals surface area (Å²) in [4.78, 5) is 0.275. The lowest BCUT2D eigenvalue weighted by Crippen LogP contribution is -2.32.